The summed E-state index contributed by atoms with van der Waals surface area (Å²) in [5.41, 5.74) is 0.174. The van der Waals surface area contributed by atoms with Gasteiger partial charge in [-0.15, -0.1) is 0 Å². The third-order valence-electron chi connectivity index (χ3n) is 3.70. The summed E-state index contributed by atoms with van der Waals surface area (Å²) in [5, 5.41) is 6.47. The Labute approximate surface area is 158 Å². The lowest BCUT2D eigenvalue weighted by molar-refractivity contribution is 0.491. The zero-order valence-corrected chi connectivity index (χ0v) is 17.5. The van der Waals surface area contributed by atoms with Gasteiger partial charge in [-0.05, 0) is 38.8 Å². The smallest absolute Gasteiger partial charge is 0.241 e. The second kappa shape index (κ2) is 10.5. The van der Waals surface area contributed by atoms with Crippen molar-refractivity contribution in [1.29, 1.82) is 0 Å². The number of benzene rings is 1. The van der Waals surface area contributed by atoms with Gasteiger partial charge in [-0.25, -0.2) is 13.1 Å². The molecule has 0 fully saturated rings. The number of rotatable bonds is 9. The summed E-state index contributed by atoms with van der Waals surface area (Å²) in [6.45, 7) is 8.91. The van der Waals surface area contributed by atoms with E-state index in [1.807, 2.05) is 32.9 Å². The molecule has 0 aliphatic rings. The van der Waals surface area contributed by atoms with Crippen molar-refractivity contribution >= 4 is 16.0 Å². The van der Waals surface area contributed by atoms with Crippen LogP contribution in [-0.2, 0) is 16.6 Å². The normalized spacial score (nSPS) is 12.9. The molecule has 0 radical (unpaired) electrons. The second-order valence-corrected chi connectivity index (χ2v) is 9.03. The molecule has 0 heterocycles. The van der Waals surface area contributed by atoms with Gasteiger partial charge in [0, 0.05) is 25.7 Å². The van der Waals surface area contributed by atoms with Crippen LogP contribution < -0.4 is 15.4 Å². The number of hydrogen-bond acceptors (Lipinski definition) is 3. The number of aliphatic imine (C=N–C) groups is 1. The molecule has 0 bridgehead atoms. The average Bonchev–Trinajstić information content (AvgIpc) is 2.55. The van der Waals surface area contributed by atoms with Crippen molar-refractivity contribution in [3.8, 4) is 0 Å². The van der Waals surface area contributed by atoms with E-state index in [4.69, 9.17) is 0 Å². The summed E-state index contributed by atoms with van der Waals surface area (Å²) in [7, 11) is -1.87. The first-order valence-electron chi connectivity index (χ1n) is 9.26. The molecule has 0 saturated carbocycles. The molecule has 0 saturated heterocycles. The van der Waals surface area contributed by atoms with Crippen LogP contribution in [0.4, 0.5) is 0 Å². The third kappa shape index (κ3) is 8.19. The maximum atomic E-state index is 12.7. The van der Waals surface area contributed by atoms with Crippen LogP contribution in [0.3, 0.4) is 0 Å². The Balaban J connectivity index is 2.73. The van der Waals surface area contributed by atoms with Crippen molar-refractivity contribution in [1.82, 2.24) is 15.4 Å². The summed E-state index contributed by atoms with van der Waals surface area (Å²) in [6.07, 6.45) is 4.73. The van der Waals surface area contributed by atoms with Gasteiger partial charge in [0.1, 0.15) is 0 Å². The van der Waals surface area contributed by atoms with Crippen molar-refractivity contribution in [2.24, 2.45) is 4.99 Å². The minimum absolute atomic E-state index is 0.292. The Hall–Kier alpha value is -1.60. The predicted octanol–water partition coefficient (Wildman–Crippen LogP) is 3.01. The van der Waals surface area contributed by atoms with Gasteiger partial charge in [-0.3, -0.25) is 4.99 Å². The van der Waals surface area contributed by atoms with E-state index in [2.05, 4.69) is 27.3 Å². The van der Waals surface area contributed by atoms with E-state index in [0.717, 1.165) is 13.0 Å². The second-order valence-electron chi connectivity index (χ2n) is 7.38. The van der Waals surface area contributed by atoms with Gasteiger partial charge in [0.2, 0.25) is 10.0 Å². The molecule has 26 heavy (non-hydrogen) atoms. The molecular formula is C19H34N4O2S. The molecule has 0 aromatic heterocycles. The maximum Gasteiger partial charge on any atom is 0.241 e. The number of nitrogens with one attached hydrogen (secondary N) is 3. The average molecular weight is 383 g/mol. The van der Waals surface area contributed by atoms with Crippen LogP contribution >= 0.6 is 0 Å². The largest absolute Gasteiger partial charge is 0.356 e. The van der Waals surface area contributed by atoms with Crippen LogP contribution in [0.25, 0.3) is 0 Å². The third-order valence-corrected chi connectivity index (χ3v) is 5.55. The number of unbranched alkanes of at least 4 members (excludes halogenated alkanes) is 3. The van der Waals surface area contributed by atoms with Gasteiger partial charge >= 0.3 is 0 Å². The van der Waals surface area contributed by atoms with Crippen LogP contribution in [0.5, 0.6) is 0 Å². The maximum absolute atomic E-state index is 12.7. The van der Waals surface area contributed by atoms with E-state index in [1.165, 1.54) is 19.3 Å². The minimum Gasteiger partial charge on any atom is -0.356 e. The van der Waals surface area contributed by atoms with Crippen LogP contribution in [0.2, 0.25) is 0 Å². The first-order chi connectivity index (χ1) is 12.2. The van der Waals surface area contributed by atoms with E-state index in [-0.39, 0.29) is 0 Å². The molecule has 0 spiro atoms. The molecule has 1 aromatic rings. The molecule has 7 heteroatoms. The highest BCUT2D eigenvalue weighted by Crippen LogP contribution is 2.17. The molecule has 0 amide bonds. The van der Waals surface area contributed by atoms with Crippen molar-refractivity contribution in [3.05, 3.63) is 29.8 Å². The van der Waals surface area contributed by atoms with E-state index in [0.29, 0.717) is 23.0 Å². The fraction of sp³-hybridized carbons (Fsp3) is 0.632. The van der Waals surface area contributed by atoms with Gasteiger partial charge in [0.05, 0.1) is 4.90 Å². The highest BCUT2D eigenvalue weighted by Gasteiger charge is 2.24. The van der Waals surface area contributed by atoms with Gasteiger partial charge in [0.15, 0.2) is 5.96 Å². The van der Waals surface area contributed by atoms with Gasteiger partial charge in [-0.1, -0.05) is 44.4 Å². The Morgan fingerprint density at radius 3 is 2.38 bits per heavy atom. The Morgan fingerprint density at radius 2 is 1.77 bits per heavy atom. The van der Waals surface area contributed by atoms with E-state index >= 15 is 0 Å². The van der Waals surface area contributed by atoms with Crippen LogP contribution in [0, 0.1) is 0 Å². The fourth-order valence-electron chi connectivity index (χ4n) is 2.53. The predicted molar refractivity (Wildman–Crippen MR) is 109 cm³/mol. The fourth-order valence-corrected chi connectivity index (χ4v) is 4.19. The Bertz CT molecular complexity index is 679. The van der Waals surface area contributed by atoms with Crippen molar-refractivity contribution in [2.75, 3.05) is 13.6 Å². The Kier molecular flexibility index (Phi) is 9.08. The van der Waals surface area contributed by atoms with Gasteiger partial charge in [-0.2, -0.15) is 0 Å². The lowest BCUT2D eigenvalue weighted by Crippen LogP contribution is -2.41. The van der Waals surface area contributed by atoms with Crippen molar-refractivity contribution in [2.45, 2.75) is 70.4 Å². The molecule has 148 valence electrons. The lowest BCUT2D eigenvalue weighted by atomic mass is 10.1. The Morgan fingerprint density at radius 1 is 1.08 bits per heavy atom. The molecule has 0 atom stereocenters. The number of guanidine groups is 1. The summed E-state index contributed by atoms with van der Waals surface area (Å²) in [5.74, 6) is 0.678. The highest BCUT2D eigenvalue weighted by atomic mass is 32.2. The molecule has 3 N–H and O–H groups in total. The molecule has 1 rings (SSSR count). The van der Waals surface area contributed by atoms with E-state index < -0.39 is 15.6 Å². The van der Waals surface area contributed by atoms with E-state index in [9.17, 15) is 8.42 Å². The van der Waals surface area contributed by atoms with Crippen molar-refractivity contribution in [3.63, 3.8) is 0 Å². The molecular weight excluding hydrogens is 348 g/mol. The number of hydrogen-bond donors (Lipinski definition) is 3. The summed E-state index contributed by atoms with van der Waals surface area (Å²) in [6, 6.07) is 7.03. The lowest BCUT2D eigenvalue weighted by Gasteiger charge is -2.22. The zero-order valence-electron chi connectivity index (χ0n) is 16.7. The monoisotopic (exact) mass is 382 g/mol. The number of sulfonamides is 1. The minimum atomic E-state index is -3.58. The summed E-state index contributed by atoms with van der Waals surface area (Å²) < 4.78 is 28.0. The molecule has 6 nitrogen and oxygen atoms in total. The van der Waals surface area contributed by atoms with Crippen LogP contribution in [0.15, 0.2) is 34.2 Å². The summed E-state index contributed by atoms with van der Waals surface area (Å²) >= 11 is 0. The quantitative estimate of drug-likeness (QED) is 0.348. The first-order valence-corrected chi connectivity index (χ1v) is 10.7. The van der Waals surface area contributed by atoms with E-state index in [1.54, 1.807) is 19.2 Å². The van der Waals surface area contributed by atoms with Gasteiger partial charge < -0.3 is 10.6 Å². The van der Waals surface area contributed by atoms with Gasteiger partial charge in [0.25, 0.3) is 0 Å². The zero-order chi connectivity index (χ0) is 19.6. The SMILES string of the molecule is CCCCCCNC(=NC)NCc1ccccc1S(=O)(=O)NC(C)(C)C. The molecule has 0 aliphatic carbocycles. The standard InChI is InChI=1S/C19H34N4O2S/c1-6-7-8-11-14-21-18(20-5)22-15-16-12-9-10-13-17(16)26(24,25)23-19(2,3)4/h9-10,12-13,23H,6-8,11,14-15H2,1-5H3,(H2,20,21,22). The number of nitrogens with zero attached hydrogens (tertiary/aromatic N) is 1. The topological polar surface area (TPSA) is 82.6 Å². The van der Waals surface area contributed by atoms with Crippen molar-refractivity contribution < 1.29 is 8.42 Å². The molecule has 0 aliphatic heterocycles. The van der Waals surface area contributed by atoms with Crippen LogP contribution in [0.1, 0.15) is 58.9 Å². The molecule has 0 unspecified atom stereocenters. The van der Waals surface area contributed by atoms with Crippen LogP contribution in [-0.4, -0.2) is 33.5 Å². The first kappa shape index (κ1) is 22.4. The highest BCUT2D eigenvalue weighted by molar-refractivity contribution is 7.89. The molecule has 1 aromatic carbocycles. The summed E-state index contributed by atoms with van der Waals surface area (Å²) in [4.78, 5) is 4.49.